The lowest BCUT2D eigenvalue weighted by molar-refractivity contribution is -0.138. The Balaban J connectivity index is 1.61. The predicted molar refractivity (Wildman–Crippen MR) is 115 cm³/mol. The van der Waals surface area contributed by atoms with Crippen LogP contribution >= 0.6 is 0 Å². The number of hydrogen-bond donors (Lipinski definition) is 3. The van der Waals surface area contributed by atoms with Crippen LogP contribution in [0.2, 0.25) is 0 Å². The summed E-state index contributed by atoms with van der Waals surface area (Å²) in [6.07, 6.45) is 0.812. The average molecular weight is 404 g/mol. The van der Waals surface area contributed by atoms with E-state index in [1.54, 1.807) is 29.7 Å². The summed E-state index contributed by atoms with van der Waals surface area (Å²) in [5, 5.41) is 11.7. The lowest BCUT2D eigenvalue weighted by Gasteiger charge is -2.15. The molecule has 3 aromatic rings. The maximum Gasteiger partial charge on any atom is 0.255 e. The number of hydrogen-bond acceptors (Lipinski definition) is 4. The Morgan fingerprint density at radius 2 is 1.47 bits per heavy atom. The molecule has 6 heteroatoms. The van der Waals surface area contributed by atoms with Crippen LogP contribution in [-0.2, 0) is 16.0 Å². The van der Waals surface area contributed by atoms with Crippen molar-refractivity contribution in [2.45, 2.75) is 19.8 Å². The lowest BCUT2D eigenvalue weighted by Crippen LogP contribution is -2.37. The van der Waals surface area contributed by atoms with Gasteiger partial charge in [0.15, 0.2) is 0 Å². The van der Waals surface area contributed by atoms with Gasteiger partial charge in [-0.05, 0) is 61.7 Å². The number of hydroxylamine groups is 1. The Hall–Kier alpha value is -3.64. The molecule has 0 bridgehead atoms. The molecule has 154 valence electrons. The third-order valence-electron chi connectivity index (χ3n) is 4.69. The van der Waals surface area contributed by atoms with Crippen LogP contribution in [0.3, 0.4) is 0 Å². The number of nitrogens with one attached hydrogen (secondary N) is 2. The Labute approximate surface area is 175 Å². The summed E-state index contributed by atoms with van der Waals surface area (Å²) >= 11 is 0. The molecule has 2 amide bonds. The Kier molecular flexibility index (Phi) is 7.19. The molecular formula is C24H24N2O4. The number of ether oxygens (including phenoxy) is 1. The highest BCUT2D eigenvalue weighted by Gasteiger charge is 2.26. The van der Waals surface area contributed by atoms with Crippen LogP contribution in [0.15, 0.2) is 78.9 Å². The van der Waals surface area contributed by atoms with E-state index in [2.05, 4.69) is 5.32 Å². The first-order chi connectivity index (χ1) is 14.5. The zero-order valence-electron chi connectivity index (χ0n) is 16.7. The normalized spacial score (nSPS) is 11.4. The van der Waals surface area contributed by atoms with Crippen LogP contribution in [0.1, 0.15) is 17.5 Å². The van der Waals surface area contributed by atoms with E-state index in [0.29, 0.717) is 17.9 Å². The van der Waals surface area contributed by atoms with E-state index >= 15 is 0 Å². The largest absolute Gasteiger partial charge is 0.457 e. The molecule has 0 saturated carbocycles. The van der Waals surface area contributed by atoms with Crippen molar-refractivity contribution in [3.8, 4) is 11.5 Å². The summed E-state index contributed by atoms with van der Waals surface area (Å²) in [5.41, 5.74) is 4.28. The van der Waals surface area contributed by atoms with Crippen LogP contribution in [0.25, 0.3) is 0 Å². The second-order valence-corrected chi connectivity index (χ2v) is 6.98. The van der Waals surface area contributed by atoms with E-state index in [1.807, 2.05) is 61.5 Å². The SMILES string of the molecule is Cc1ccc(Oc2ccc(NC(=O)C(CCc3ccccc3)C(=O)NO)cc2)cc1. The van der Waals surface area contributed by atoms with Gasteiger partial charge in [-0.15, -0.1) is 0 Å². The molecule has 30 heavy (non-hydrogen) atoms. The Bertz CT molecular complexity index is 970. The van der Waals surface area contributed by atoms with Crippen molar-refractivity contribution in [3.63, 3.8) is 0 Å². The van der Waals surface area contributed by atoms with Crippen molar-refractivity contribution >= 4 is 17.5 Å². The van der Waals surface area contributed by atoms with Gasteiger partial charge in [-0.2, -0.15) is 0 Å². The zero-order chi connectivity index (χ0) is 21.3. The number of aryl methyl sites for hydroxylation is 2. The zero-order valence-corrected chi connectivity index (χ0v) is 16.7. The van der Waals surface area contributed by atoms with Gasteiger partial charge in [-0.3, -0.25) is 14.8 Å². The monoisotopic (exact) mass is 404 g/mol. The van der Waals surface area contributed by atoms with Gasteiger partial charge in [0.2, 0.25) is 5.91 Å². The van der Waals surface area contributed by atoms with Crippen LogP contribution in [0, 0.1) is 12.8 Å². The second-order valence-electron chi connectivity index (χ2n) is 6.98. The molecule has 0 heterocycles. The van der Waals surface area contributed by atoms with Crippen molar-refractivity contribution < 1.29 is 19.5 Å². The van der Waals surface area contributed by atoms with Gasteiger partial charge < -0.3 is 10.1 Å². The number of amides is 2. The fraction of sp³-hybridized carbons (Fsp3) is 0.167. The van der Waals surface area contributed by atoms with Gasteiger partial charge in [-0.1, -0.05) is 48.0 Å². The average Bonchev–Trinajstić information content (AvgIpc) is 2.77. The number of benzene rings is 3. The predicted octanol–water partition coefficient (Wildman–Crippen LogP) is 4.48. The molecule has 1 atom stereocenters. The Morgan fingerprint density at radius 1 is 0.867 bits per heavy atom. The molecule has 0 aliphatic carbocycles. The van der Waals surface area contributed by atoms with Crippen molar-refractivity contribution in [1.82, 2.24) is 5.48 Å². The van der Waals surface area contributed by atoms with E-state index in [9.17, 15) is 9.59 Å². The highest BCUT2D eigenvalue weighted by atomic mass is 16.5. The van der Waals surface area contributed by atoms with Crippen molar-refractivity contribution in [2.24, 2.45) is 5.92 Å². The minimum atomic E-state index is -1.02. The highest BCUT2D eigenvalue weighted by molar-refractivity contribution is 6.06. The van der Waals surface area contributed by atoms with Crippen molar-refractivity contribution in [1.29, 1.82) is 0 Å². The maximum atomic E-state index is 12.6. The van der Waals surface area contributed by atoms with Crippen LogP contribution in [0.4, 0.5) is 5.69 Å². The van der Waals surface area contributed by atoms with Gasteiger partial charge in [0.1, 0.15) is 17.4 Å². The molecule has 0 aromatic heterocycles. The summed E-state index contributed by atoms with van der Waals surface area (Å²) in [7, 11) is 0. The topological polar surface area (TPSA) is 87.7 Å². The maximum absolute atomic E-state index is 12.6. The number of carbonyl (C=O) groups is 2. The molecule has 3 N–H and O–H groups in total. The van der Waals surface area contributed by atoms with E-state index in [0.717, 1.165) is 16.9 Å². The first kappa shape index (κ1) is 21.1. The third kappa shape index (κ3) is 5.93. The molecule has 0 radical (unpaired) electrons. The molecule has 0 aliphatic heterocycles. The van der Waals surface area contributed by atoms with Crippen molar-refractivity contribution in [3.05, 3.63) is 90.0 Å². The molecule has 0 saturated heterocycles. The lowest BCUT2D eigenvalue weighted by atomic mass is 9.98. The van der Waals surface area contributed by atoms with Crippen LogP contribution in [-0.4, -0.2) is 17.0 Å². The first-order valence-corrected chi connectivity index (χ1v) is 9.68. The smallest absolute Gasteiger partial charge is 0.255 e. The number of rotatable bonds is 8. The third-order valence-corrected chi connectivity index (χ3v) is 4.69. The van der Waals surface area contributed by atoms with Crippen LogP contribution < -0.4 is 15.5 Å². The van der Waals surface area contributed by atoms with Gasteiger partial charge in [0.05, 0.1) is 0 Å². The Morgan fingerprint density at radius 3 is 2.07 bits per heavy atom. The van der Waals surface area contributed by atoms with E-state index in [-0.39, 0.29) is 6.42 Å². The molecule has 1 unspecified atom stereocenters. The summed E-state index contributed by atoms with van der Waals surface area (Å²) in [6, 6.07) is 24.1. The molecular weight excluding hydrogens is 380 g/mol. The van der Waals surface area contributed by atoms with Gasteiger partial charge in [-0.25, -0.2) is 5.48 Å². The standard InChI is InChI=1S/C24H24N2O4/c1-17-7-12-20(13-8-17)30-21-14-10-19(11-15-21)25-23(27)22(24(28)26-29)16-9-18-5-3-2-4-6-18/h2-8,10-15,22,29H,9,16H2,1H3,(H,25,27)(H,26,28). The molecule has 0 fully saturated rings. The molecule has 0 aliphatic rings. The minimum absolute atomic E-state index is 0.275. The van der Waals surface area contributed by atoms with Gasteiger partial charge >= 0.3 is 0 Å². The highest BCUT2D eigenvalue weighted by Crippen LogP contribution is 2.24. The van der Waals surface area contributed by atoms with Crippen molar-refractivity contribution in [2.75, 3.05) is 5.32 Å². The van der Waals surface area contributed by atoms with E-state index in [1.165, 1.54) is 0 Å². The minimum Gasteiger partial charge on any atom is -0.457 e. The number of carbonyl (C=O) groups excluding carboxylic acids is 2. The quantitative estimate of drug-likeness (QED) is 0.293. The summed E-state index contributed by atoms with van der Waals surface area (Å²) in [4.78, 5) is 24.6. The van der Waals surface area contributed by atoms with Gasteiger partial charge in [0, 0.05) is 5.69 Å². The summed E-state index contributed by atoms with van der Waals surface area (Å²) < 4.78 is 5.77. The summed E-state index contributed by atoms with van der Waals surface area (Å²) in [5.74, 6) is -0.880. The van der Waals surface area contributed by atoms with E-state index < -0.39 is 17.7 Å². The fourth-order valence-corrected chi connectivity index (χ4v) is 2.99. The molecule has 3 rings (SSSR count). The first-order valence-electron chi connectivity index (χ1n) is 9.68. The van der Waals surface area contributed by atoms with Gasteiger partial charge in [0.25, 0.3) is 5.91 Å². The molecule has 6 nitrogen and oxygen atoms in total. The summed E-state index contributed by atoms with van der Waals surface area (Å²) in [6.45, 7) is 2.01. The number of anilines is 1. The molecule has 3 aromatic carbocycles. The van der Waals surface area contributed by atoms with E-state index in [4.69, 9.17) is 9.94 Å². The fourth-order valence-electron chi connectivity index (χ4n) is 2.99. The van der Waals surface area contributed by atoms with Crippen LogP contribution in [0.5, 0.6) is 11.5 Å². The molecule has 0 spiro atoms. The second kappa shape index (κ2) is 10.2.